The highest BCUT2D eigenvalue weighted by atomic mass is 32.2. The van der Waals surface area contributed by atoms with Crippen molar-refractivity contribution in [1.29, 1.82) is 0 Å². The predicted molar refractivity (Wildman–Crippen MR) is 69.8 cm³/mol. The Balaban J connectivity index is 2.28. The van der Waals surface area contributed by atoms with Crippen LogP contribution < -0.4 is 5.56 Å². The molecular formula is C9H7F3N2OS3. The van der Waals surface area contributed by atoms with Crippen molar-refractivity contribution in [3.05, 3.63) is 26.6 Å². The van der Waals surface area contributed by atoms with E-state index in [9.17, 15) is 18.0 Å². The van der Waals surface area contributed by atoms with Crippen molar-refractivity contribution in [1.82, 2.24) is 9.55 Å². The van der Waals surface area contributed by atoms with E-state index in [2.05, 4.69) is 4.98 Å². The fourth-order valence-electron chi connectivity index (χ4n) is 1.43. The van der Waals surface area contributed by atoms with Crippen LogP contribution in [-0.2, 0) is 6.54 Å². The number of nitrogens with one attached hydrogen (secondary N) is 1. The van der Waals surface area contributed by atoms with Gasteiger partial charge in [-0.2, -0.15) is 13.2 Å². The number of aromatic amines is 1. The maximum absolute atomic E-state index is 12.0. The number of fused-ring (bicyclic) bond motifs is 1. The molecule has 0 atom stereocenters. The summed E-state index contributed by atoms with van der Waals surface area (Å²) in [7, 11) is 0. The summed E-state index contributed by atoms with van der Waals surface area (Å²) in [5.41, 5.74) is -4.01. The van der Waals surface area contributed by atoms with E-state index in [0.717, 1.165) is 4.57 Å². The average molecular weight is 312 g/mol. The number of hydrogen-bond acceptors (Lipinski definition) is 4. The molecule has 3 nitrogen and oxygen atoms in total. The second-order valence-electron chi connectivity index (χ2n) is 3.34. The smallest absolute Gasteiger partial charge is 0.331 e. The Labute approximate surface area is 113 Å². The monoisotopic (exact) mass is 312 g/mol. The van der Waals surface area contributed by atoms with Crippen LogP contribution >= 0.6 is 35.3 Å². The zero-order valence-electron chi connectivity index (χ0n) is 8.78. The van der Waals surface area contributed by atoms with Crippen LogP contribution in [0.1, 0.15) is 0 Å². The molecule has 0 radical (unpaired) electrons. The molecule has 0 amide bonds. The lowest BCUT2D eigenvalue weighted by molar-refractivity contribution is -0.0328. The van der Waals surface area contributed by atoms with Crippen LogP contribution in [0, 0.1) is 4.77 Å². The molecule has 2 aromatic rings. The summed E-state index contributed by atoms with van der Waals surface area (Å²) < 4.78 is 37.8. The zero-order valence-corrected chi connectivity index (χ0v) is 11.2. The lowest BCUT2D eigenvalue weighted by Crippen LogP contribution is -2.23. The Hall–Kier alpha value is -0.800. The van der Waals surface area contributed by atoms with E-state index in [1.54, 1.807) is 11.4 Å². The van der Waals surface area contributed by atoms with Gasteiger partial charge in [0.2, 0.25) is 0 Å². The van der Waals surface area contributed by atoms with Crippen molar-refractivity contribution in [2.45, 2.75) is 12.1 Å². The Kier molecular flexibility index (Phi) is 3.83. The molecule has 0 saturated heterocycles. The number of H-pyrrole nitrogens is 1. The first-order chi connectivity index (χ1) is 8.38. The van der Waals surface area contributed by atoms with Gasteiger partial charge in [0.05, 0.1) is 5.52 Å². The van der Waals surface area contributed by atoms with E-state index in [0.29, 0.717) is 10.2 Å². The number of rotatable bonds is 3. The van der Waals surface area contributed by atoms with Gasteiger partial charge in [-0.1, -0.05) is 0 Å². The van der Waals surface area contributed by atoms with Crippen molar-refractivity contribution >= 4 is 45.5 Å². The first-order valence-corrected chi connectivity index (χ1v) is 7.07. The molecule has 2 aromatic heterocycles. The molecule has 0 aliphatic heterocycles. The zero-order chi connectivity index (χ0) is 13.3. The maximum atomic E-state index is 12.0. The van der Waals surface area contributed by atoms with E-state index >= 15 is 0 Å². The summed E-state index contributed by atoms with van der Waals surface area (Å²) in [5.74, 6) is -0.238. The number of thioether (sulfide) groups is 1. The number of hydrogen-bond donors (Lipinski definition) is 1. The summed E-state index contributed by atoms with van der Waals surface area (Å²) in [4.78, 5) is 14.8. The van der Waals surface area contributed by atoms with Crippen LogP contribution in [0.15, 0.2) is 16.2 Å². The molecule has 0 bridgehead atoms. The molecule has 0 spiro atoms. The minimum Gasteiger partial charge on any atom is -0.331 e. The number of thiophene rings is 1. The summed E-state index contributed by atoms with van der Waals surface area (Å²) in [6, 6.07) is 1.71. The molecule has 98 valence electrons. The van der Waals surface area contributed by atoms with E-state index < -0.39 is 5.51 Å². The third kappa shape index (κ3) is 2.96. The van der Waals surface area contributed by atoms with Crippen molar-refractivity contribution < 1.29 is 13.2 Å². The number of halogens is 3. The summed E-state index contributed by atoms with van der Waals surface area (Å²) >= 11 is 6.03. The first-order valence-electron chi connectivity index (χ1n) is 4.79. The van der Waals surface area contributed by atoms with E-state index in [1.807, 2.05) is 0 Å². The highest BCUT2D eigenvalue weighted by Crippen LogP contribution is 2.29. The molecule has 0 saturated carbocycles. The molecule has 0 aliphatic carbocycles. The molecule has 18 heavy (non-hydrogen) atoms. The summed E-state index contributed by atoms with van der Waals surface area (Å²) in [6.07, 6.45) is 0. The van der Waals surface area contributed by atoms with Gasteiger partial charge in [-0.25, -0.2) is 0 Å². The minimum absolute atomic E-state index is 0.0633. The van der Waals surface area contributed by atoms with Gasteiger partial charge in [0.1, 0.15) is 4.70 Å². The van der Waals surface area contributed by atoms with E-state index in [4.69, 9.17) is 12.2 Å². The fraction of sp³-hybridized carbons (Fsp3) is 0.333. The Morgan fingerprint density at radius 2 is 2.22 bits per heavy atom. The first kappa shape index (κ1) is 13.6. The molecule has 0 aromatic carbocycles. The Morgan fingerprint density at radius 1 is 1.50 bits per heavy atom. The van der Waals surface area contributed by atoms with Gasteiger partial charge in [0.25, 0.3) is 5.56 Å². The van der Waals surface area contributed by atoms with Gasteiger partial charge in [-0.15, -0.1) is 11.3 Å². The second-order valence-corrected chi connectivity index (χ2v) is 5.81. The van der Waals surface area contributed by atoms with Crippen molar-refractivity contribution in [2.75, 3.05) is 5.75 Å². The third-order valence-electron chi connectivity index (χ3n) is 2.17. The van der Waals surface area contributed by atoms with Crippen LogP contribution in [0.2, 0.25) is 0 Å². The molecule has 2 rings (SSSR count). The normalized spacial score (nSPS) is 12.2. The maximum Gasteiger partial charge on any atom is 0.441 e. The standard InChI is InChI=1S/C9H7F3N2OS3/c10-9(11,12)18-4-2-14-7(15)6-5(1-3-17-6)13-8(14)16/h1,3H,2,4H2,(H,13,16). The second kappa shape index (κ2) is 5.06. The van der Waals surface area contributed by atoms with Gasteiger partial charge in [-0.05, 0) is 35.4 Å². The molecule has 1 N–H and O–H groups in total. The van der Waals surface area contributed by atoms with Crippen LogP contribution in [-0.4, -0.2) is 20.8 Å². The van der Waals surface area contributed by atoms with E-state index in [1.165, 1.54) is 11.3 Å². The lowest BCUT2D eigenvalue weighted by atomic mass is 10.5. The fourth-order valence-corrected chi connectivity index (χ4v) is 3.01. The predicted octanol–water partition coefficient (Wildman–Crippen LogP) is 3.37. The Morgan fingerprint density at radius 3 is 2.89 bits per heavy atom. The molecule has 2 heterocycles. The quantitative estimate of drug-likeness (QED) is 0.883. The number of alkyl halides is 3. The van der Waals surface area contributed by atoms with Crippen molar-refractivity contribution in [3.63, 3.8) is 0 Å². The van der Waals surface area contributed by atoms with E-state index in [-0.39, 0.29) is 34.4 Å². The van der Waals surface area contributed by atoms with Crippen LogP contribution in [0.3, 0.4) is 0 Å². The number of aromatic nitrogens is 2. The average Bonchev–Trinajstić information content (AvgIpc) is 2.69. The van der Waals surface area contributed by atoms with Gasteiger partial charge >= 0.3 is 5.51 Å². The molecule has 0 fully saturated rings. The Bertz CT molecular complexity index is 670. The molecule has 0 aliphatic rings. The highest BCUT2D eigenvalue weighted by Gasteiger charge is 2.27. The summed E-state index contributed by atoms with van der Waals surface area (Å²) in [6.45, 7) is -0.0633. The van der Waals surface area contributed by atoms with Gasteiger partial charge < -0.3 is 4.98 Å². The molecule has 9 heteroatoms. The van der Waals surface area contributed by atoms with Gasteiger partial charge in [0.15, 0.2) is 4.77 Å². The number of nitrogens with zero attached hydrogens (tertiary/aromatic N) is 1. The molecule has 0 unspecified atom stereocenters. The van der Waals surface area contributed by atoms with Gasteiger partial charge in [0, 0.05) is 12.3 Å². The third-order valence-corrected chi connectivity index (χ3v) is 4.11. The SMILES string of the molecule is O=c1c2sccc2[nH]c(=S)n1CCSC(F)(F)F. The van der Waals surface area contributed by atoms with Crippen molar-refractivity contribution in [3.8, 4) is 0 Å². The minimum atomic E-state index is -4.29. The van der Waals surface area contributed by atoms with Crippen LogP contribution in [0.4, 0.5) is 13.2 Å². The highest BCUT2D eigenvalue weighted by molar-refractivity contribution is 8.00. The topological polar surface area (TPSA) is 37.8 Å². The van der Waals surface area contributed by atoms with Crippen LogP contribution in [0.25, 0.3) is 10.2 Å². The molecular weight excluding hydrogens is 305 g/mol. The lowest BCUT2D eigenvalue weighted by Gasteiger charge is -2.07. The van der Waals surface area contributed by atoms with Gasteiger partial charge in [-0.3, -0.25) is 9.36 Å². The largest absolute Gasteiger partial charge is 0.441 e. The summed E-state index contributed by atoms with van der Waals surface area (Å²) in [5, 5.41) is 1.73. The van der Waals surface area contributed by atoms with Crippen LogP contribution in [0.5, 0.6) is 0 Å². The van der Waals surface area contributed by atoms with Crippen molar-refractivity contribution in [2.24, 2.45) is 0 Å².